The average Bonchev–Trinajstić information content (AvgIpc) is 2.49. The number of aryl methyl sites for hydroxylation is 1. The third-order valence-corrected chi connectivity index (χ3v) is 2.88. The molecule has 0 unspecified atom stereocenters. The summed E-state index contributed by atoms with van der Waals surface area (Å²) in [6.45, 7) is 6.07. The minimum absolute atomic E-state index is 1.02. The molecule has 0 aliphatic carbocycles. The minimum atomic E-state index is 1.02. The van der Waals surface area contributed by atoms with Crippen molar-refractivity contribution in [3.8, 4) is 0 Å². The number of para-hydroxylation sites is 1. The largest absolute Gasteiger partial charge is 0.378 e. The van der Waals surface area contributed by atoms with E-state index in [1.165, 1.54) is 11.3 Å². The molecule has 0 aromatic heterocycles. The second-order valence-corrected chi connectivity index (χ2v) is 4.53. The van der Waals surface area contributed by atoms with Crippen molar-refractivity contribution in [3.05, 3.63) is 59.7 Å². The summed E-state index contributed by atoms with van der Waals surface area (Å²) < 4.78 is 0. The summed E-state index contributed by atoms with van der Waals surface area (Å²) in [5, 5.41) is 0. The Morgan fingerprint density at radius 2 is 1.50 bits per heavy atom. The van der Waals surface area contributed by atoms with Crippen LogP contribution in [0, 0.1) is 6.92 Å². The van der Waals surface area contributed by atoms with Crippen molar-refractivity contribution in [3.63, 3.8) is 0 Å². The van der Waals surface area contributed by atoms with Crippen LogP contribution in [-0.2, 0) is 0 Å². The van der Waals surface area contributed by atoms with Gasteiger partial charge in [-0.3, -0.25) is 4.99 Å². The van der Waals surface area contributed by atoms with Gasteiger partial charge in [0.25, 0.3) is 0 Å². The van der Waals surface area contributed by atoms with E-state index in [9.17, 15) is 0 Å². The zero-order valence-electron chi connectivity index (χ0n) is 13.1. The Kier molecular flexibility index (Phi) is 6.51. The molecule has 106 valence electrons. The lowest BCUT2D eigenvalue weighted by Crippen LogP contribution is -2.08. The Morgan fingerprint density at radius 1 is 0.900 bits per heavy atom. The maximum absolute atomic E-state index is 4.51. The highest BCUT2D eigenvalue weighted by molar-refractivity contribution is 5.82. The van der Waals surface area contributed by atoms with Gasteiger partial charge in [0.1, 0.15) is 0 Å². The van der Waals surface area contributed by atoms with Gasteiger partial charge in [0.2, 0.25) is 0 Å². The quantitative estimate of drug-likeness (QED) is 0.727. The smallest absolute Gasteiger partial charge is 0.0659 e. The number of aliphatic imine (C=N–C) groups is 1. The molecule has 2 aromatic carbocycles. The van der Waals surface area contributed by atoms with Crippen LogP contribution in [0.5, 0.6) is 0 Å². The second kappa shape index (κ2) is 8.16. The number of rotatable bonds is 3. The number of anilines is 1. The minimum Gasteiger partial charge on any atom is -0.378 e. The molecule has 0 radical (unpaired) electrons. The van der Waals surface area contributed by atoms with Crippen molar-refractivity contribution in [2.75, 3.05) is 19.0 Å². The van der Waals surface area contributed by atoms with Crippen LogP contribution in [0.3, 0.4) is 0 Å². The Balaban J connectivity index is 0.000000956. The van der Waals surface area contributed by atoms with Gasteiger partial charge in [-0.25, -0.2) is 0 Å². The number of hydrogen-bond acceptors (Lipinski definition) is 2. The molecule has 0 aliphatic rings. The predicted molar refractivity (Wildman–Crippen MR) is 90.6 cm³/mol. The molecule has 0 N–H and O–H groups in total. The second-order valence-electron chi connectivity index (χ2n) is 4.53. The van der Waals surface area contributed by atoms with E-state index in [0.717, 1.165) is 11.3 Å². The molecule has 0 saturated carbocycles. The van der Waals surface area contributed by atoms with E-state index in [0.29, 0.717) is 0 Å². The maximum atomic E-state index is 4.51. The summed E-state index contributed by atoms with van der Waals surface area (Å²) in [4.78, 5) is 6.60. The molecule has 0 atom stereocenters. The first-order valence-corrected chi connectivity index (χ1v) is 7.04. The highest BCUT2D eigenvalue weighted by Gasteiger charge is 1.95. The van der Waals surface area contributed by atoms with Crippen LogP contribution in [0.15, 0.2) is 53.5 Å². The first-order valence-electron chi connectivity index (χ1n) is 7.04. The lowest BCUT2D eigenvalue weighted by atomic mass is 10.2. The fraction of sp³-hybridized carbons (Fsp3) is 0.278. The van der Waals surface area contributed by atoms with Crippen molar-refractivity contribution in [2.24, 2.45) is 4.99 Å². The molecule has 0 aliphatic heterocycles. The average molecular weight is 268 g/mol. The van der Waals surface area contributed by atoms with Crippen LogP contribution in [-0.4, -0.2) is 20.3 Å². The van der Waals surface area contributed by atoms with Gasteiger partial charge in [0, 0.05) is 26.0 Å². The fourth-order valence-corrected chi connectivity index (χ4v) is 1.71. The van der Waals surface area contributed by atoms with Crippen LogP contribution in [0.1, 0.15) is 25.0 Å². The Hall–Kier alpha value is -2.09. The normalized spacial score (nSPS) is 10.1. The summed E-state index contributed by atoms with van der Waals surface area (Å²) >= 11 is 0. The molecule has 2 nitrogen and oxygen atoms in total. The van der Waals surface area contributed by atoms with E-state index in [4.69, 9.17) is 0 Å². The molecule has 2 heteroatoms. The topological polar surface area (TPSA) is 15.6 Å². The third-order valence-electron chi connectivity index (χ3n) is 2.88. The van der Waals surface area contributed by atoms with E-state index in [2.05, 4.69) is 47.1 Å². The van der Waals surface area contributed by atoms with E-state index in [1.54, 1.807) is 0 Å². The van der Waals surface area contributed by atoms with Crippen LogP contribution in [0.25, 0.3) is 0 Å². The number of nitrogens with zero attached hydrogens (tertiary/aromatic N) is 2. The Bertz CT molecular complexity index is 540. The molecule has 2 rings (SSSR count). The van der Waals surface area contributed by atoms with Gasteiger partial charge in [-0.05, 0) is 36.2 Å². The van der Waals surface area contributed by atoms with Gasteiger partial charge >= 0.3 is 0 Å². The van der Waals surface area contributed by atoms with Gasteiger partial charge < -0.3 is 4.90 Å². The van der Waals surface area contributed by atoms with Gasteiger partial charge in [0.05, 0.1) is 5.69 Å². The monoisotopic (exact) mass is 268 g/mol. The van der Waals surface area contributed by atoms with Crippen molar-refractivity contribution in [1.82, 2.24) is 0 Å². The van der Waals surface area contributed by atoms with Crippen LogP contribution < -0.4 is 4.90 Å². The Morgan fingerprint density at radius 3 is 2.05 bits per heavy atom. The molecule has 0 bridgehead atoms. The number of hydrogen-bond donors (Lipinski definition) is 0. The van der Waals surface area contributed by atoms with Crippen molar-refractivity contribution in [2.45, 2.75) is 20.8 Å². The first kappa shape index (κ1) is 16.0. The molecular formula is C18H24N2. The zero-order valence-corrected chi connectivity index (χ0v) is 13.1. The standard InChI is InChI=1S/C16H18N2.C2H6/c1-13-6-4-5-7-16(13)17-12-14-8-10-15(11-9-14)18(2)3;1-2/h4-12H,1-3H3;1-2H3. The molecule has 0 spiro atoms. The van der Waals surface area contributed by atoms with Crippen LogP contribution in [0.4, 0.5) is 11.4 Å². The third kappa shape index (κ3) is 4.54. The Labute approximate surface area is 122 Å². The molecule has 2 aromatic rings. The first-order chi connectivity index (χ1) is 9.66. The van der Waals surface area contributed by atoms with E-state index in [1.807, 2.05) is 52.4 Å². The zero-order chi connectivity index (χ0) is 15.0. The molecule has 20 heavy (non-hydrogen) atoms. The predicted octanol–water partition coefficient (Wildman–Crippen LogP) is 4.84. The molecule has 0 heterocycles. The summed E-state index contributed by atoms with van der Waals surface area (Å²) in [5.74, 6) is 0. The van der Waals surface area contributed by atoms with Crippen molar-refractivity contribution >= 4 is 17.6 Å². The molecule has 0 amide bonds. The maximum Gasteiger partial charge on any atom is 0.0659 e. The number of benzene rings is 2. The lowest BCUT2D eigenvalue weighted by Gasteiger charge is -2.11. The molecule has 0 saturated heterocycles. The van der Waals surface area contributed by atoms with Gasteiger partial charge in [-0.15, -0.1) is 0 Å². The summed E-state index contributed by atoms with van der Waals surface area (Å²) in [5.41, 5.74) is 4.53. The SMILES string of the molecule is CC.Cc1ccccc1N=Cc1ccc(N(C)C)cc1. The van der Waals surface area contributed by atoms with Gasteiger partial charge in [-0.1, -0.05) is 44.2 Å². The van der Waals surface area contributed by atoms with E-state index < -0.39 is 0 Å². The van der Waals surface area contributed by atoms with Gasteiger partial charge in [-0.2, -0.15) is 0 Å². The van der Waals surface area contributed by atoms with Crippen LogP contribution >= 0.6 is 0 Å². The van der Waals surface area contributed by atoms with E-state index in [-0.39, 0.29) is 0 Å². The fourth-order valence-electron chi connectivity index (χ4n) is 1.71. The van der Waals surface area contributed by atoms with Gasteiger partial charge in [0.15, 0.2) is 0 Å². The van der Waals surface area contributed by atoms with Crippen molar-refractivity contribution in [1.29, 1.82) is 0 Å². The molecule has 0 fully saturated rings. The lowest BCUT2D eigenvalue weighted by molar-refractivity contribution is 1.13. The highest BCUT2D eigenvalue weighted by atomic mass is 15.1. The summed E-state index contributed by atoms with van der Waals surface area (Å²) in [6, 6.07) is 16.5. The van der Waals surface area contributed by atoms with E-state index >= 15 is 0 Å². The van der Waals surface area contributed by atoms with Crippen molar-refractivity contribution < 1.29 is 0 Å². The molecular weight excluding hydrogens is 244 g/mol. The highest BCUT2D eigenvalue weighted by Crippen LogP contribution is 2.17. The summed E-state index contributed by atoms with van der Waals surface area (Å²) in [7, 11) is 4.08. The summed E-state index contributed by atoms with van der Waals surface area (Å²) in [6.07, 6.45) is 1.90. The van der Waals surface area contributed by atoms with Crippen LogP contribution in [0.2, 0.25) is 0 Å².